The average molecular weight is 303 g/mol. The van der Waals surface area contributed by atoms with Crippen LogP contribution in [-0.4, -0.2) is 42.2 Å². The highest BCUT2D eigenvalue weighted by molar-refractivity contribution is 5.42. The number of nitrogens with two attached hydrogens (primary N) is 1. The third kappa shape index (κ3) is 3.80. The van der Waals surface area contributed by atoms with Crippen molar-refractivity contribution in [3.8, 4) is 0 Å². The number of hydrogen-bond acceptors (Lipinski definition) is 4. The summed E-state index contributed by atoms with van der Waals surface area (Å²) >= 11 is 0. The first-order chi connectivity index (χ1) is 10.7. The van der Waals surface area contributed by atoms with Crippen LogP contribution in [0.5, 0.6) is 0 Å². The number of nitrogens with zero attached hydrogens (tertiary/aromatic N) is 1. The van der Waals surface area contributed by atoms with E-state index in [1.165, 1.54) is 25.9 Å². The molecule has 0 atom stereocenters. The Labute approximate surface area is 133 Å². The van der Waals surface area contributed by atoms with E-state index in [0.717, 1.165) is 50.0 Å². The fourth-order valence-corrected chi connectivity index (χ4v) is 3.85. The largest absolute Gasteiger partial charge is 0.399 e. The van der Waals surface area contributed by atoms with Crippen LogP contribution in [0.4, 0.5) is 5.69 Å². The maximum atomic E-state index is 10.9. The van der Waals surface area contributed by atoms with Crippen LogP contribution >= 0.6 is 0 Å². The Balaban J connectivity index is 1.45. The first-order valence-corrected chi connectivity index (χ1v) is 8.70. The summed E-state index contributed by atoms with van der Waals surface area (Å²) in [5.74, 6) is 0. The van der Waals surface area contributed by atoms with E-state index in [1.807, 2.05) is 24.3 Å². The number of anilines is 1. The summed E-state index contributed by atoms with van der Waals surface area (Å²) in [5, 5.41) is 14.6. The first kappa shape index (κ1) is 15.8. The van der Waals surface area contributed by atoms with Gasteiger partial charge in [0.1, 0.15) is 0 Å². The predicted molar refractivity (Wildman–Crippen MR) is 90.7 cm³/mol. The number of likely N-dealkylation sites (tertiary alicyclic amines) is 1. The number of nitrogens with one attached hydrogen (secondary N) is 1. The second-order valence-electron chi connectivity index (χ2n) is 6.93. The van der Waals surface area contributed by atoms with Gasteiger partial charge in [-0.05, 0) is 69.3 Å². The van der Waals surface area contributed by atoms with Crippen molar-refractivity contribution in [3.63, 3.8) is 0 Å². The molecular formula is C18H29N3O. The minimum Gasteiger partial charge on any atom is -0.399 e. The Kier molecular flexibility index (Phi) is 5.01. The smallest absolute Gasteiger partial charge is 0.0898 e. The molecule has 0 spiro atoms. The Morgan fingerprint density at radius 1 is 1.23 bits per heavy atom. The molecular weight excluding hydrogens is 274 g/mol. The number of hydrogen-bond donors (Lipinski definition) is 3. The average Bonchev–Trinajstić information content (AvgIpc) is 3.03. The van der Waals surface area contributed by atoms with Crippen LogP contribution in [0.25, 0.3) is 0 Å². The number of benzene rings is 1. The maximum Gasteiger partial charge on any atom is 0.0898 e. The molecule has 0 unspecified atom stereocenters. The molecule has 1 aromatic carbocycles. The molecule has 4 N–H and O–H groups in total. The molecule has 2 fully saturated rings. The van der Waals surface area contributed by atoms with Gasteiger partial charge in [-0.2, -0.15) is 0 Å². The Morgan fingerprint density at radius 3 is 2.64 bits per heavy atom. The minimum atomic E-state index is -0.692. The van der Waals surface area contributed by atoms with E-state index in [0.29, 0.717) is 6.04 Å². The summed E-state index contributed by atoms with van der Waals surface area (Å²) in [6, 6.07) is 8.27. The summed E-state index contributed by atoms with van der Waals surface area (Å²) in [6.45, 7) is 4.76. The van der Waals surface area contributed by atoms with Gasteiger partial charge in [-0.3, -0.25) is 0 Å². The van der Waals surface area contributed by atoms with E-state index in [2.05, 4.69) is 10.2 Å². The lowest BCUT2D eigenvalue weighted by Crippen LogP contribution is -2.42. The molecule has 3 rings (SSSR count). The highest BCUT2D eigenvalue weighted by Gasteiger charge is 2.34. The highest BCUT2D eigenvalue weighted by Crippen LogP contribution is 2.37. The van der Waals surface area contributed by atoms with E-state index in [4.69, 9.17) is 5.73 Å². The molecule has 2 aliphatic rings. The van der Waals surface area contributed by atoms with Crippen LogP contribution in [0, 0.1) is 0 Å². The zero-order chi connectivity index (χ0) is 15.4. The molecule has 22 heavy (non-hydrogen) atoms. The van der Waals surface area contributed by atoms with Gasteiger partial charge >= 0.3 is 0 Å². The van der Waals surface area contributed by atoms with Gasteiger partial charge in [0.05, 0.1) is 5.60 Å². The monoisotopic (exact) mass is 303 g/mol. The zero-order valence-corrected chi connectivity index (χ0v) is 13.4. The number of aliphatic hydroxyl groups is 1. The quantitative estimate of drug-likeness (QED) is 0.729. The summed E-state index contributed by atoms with van der Waals surface area (Å²) in [6.07, 6.45) is 6.42. The molecule has 1 aliphatic heterocycles. The molecule has 1 saturated heterocycles. The molecule has 0 aromatic heterocycles. The molecule has 1 heterocycles. The van der Waals surface area contributed by atoms with E-state index in [-0.39, 0.29) is 0 Å². The van der Waals surface area contributed by atoms with Crippen LogP contribution in [-0.2, 0) is 5.60 Å². The van der Waals surface area contributed by atoms with Crippen molar-refractivity contribution in [1.82, 2.24) is 10.2 Å². The molecule has 1 saturated carbocycles. The zero-order valence-electron chi connectivity index (χ0n) is 13.4. The Bertz CT molecular complexity index is 477. The summed E-state index contributed by atoms with van der Waals surface area (Å²) < 4.78 is 0. The van der Waals surface area contributed by atoms with E-state index in [1.54, 1.807) is 0 Å². The summed E-state index contributed by atoms with van der Waals surface area (Å²) in [7, 11) is 0. The third-order valence-electron chi connectivity index (χ3n) is 5.30. The second kappa shape index (κ2) is 6.99. The first-order valence-electron chi connectivity index (χ1n) is 8.70. The highest BCUT2D eigenvalue weighted by atomic mass is 16.3. The predicted octanol–water partition coefficient (Wildman–Crippen LogP) is 2.08. The lowest BCUT2D eigenvalue weighted by Gasteiger charge is -2.37. The van der Waals surface area contributed by atoms with Crippen molar-refractivity contribution < 1.29 is 5.11 Å². The van der Waals surface area contributed by atoms with E-state index < -0.39 is 5.60 Å². The normalized spacial score (nSPS) is 29.8. The Hall–Kier alpha value is -1.10. The van der Waals surface area contributed by atoms with Crippen LogP contribution in [0.15, 0.2) is 24.3 Å². The van der Waals surface area contributed by atoms with Gasteiger partial charge in [-0.1, -0.05) is 12.1 Å². The minimum absolute atomic E-state index is 0.545. The van der Waals surface area contributed by atoms with Crippen molar-refractivity contribution in [1.29, 1.82) is 0 Å². The van der Waals surface area contributed by atoms with Crippen LogP contribution < -0.4 is 11.1 Å². The lowest BCUT2D eigenvalue weighted by atomic mass is 9.77. The van der Waals surface area contributed by atoms with Gasteiger partial charge in [0.2, 0.25) is 0 Å². The fourth-order valence-electron chi connectivity index (χ4n) is 3.85. The van der Waals surface area contributed by atoms with Gasteiger partial charge in [-0.15, -0.1) is 0 Å². The van der Waals surface area contributed by atoms with Crippen LogP contribution in [0.3, 0.4) is 0 Å². The lowest BCUT2D eigenvalue weighted by molar-refractivity contribution is -0.00836. The molecule has 0 amide bonds. The van der Waals surface area contributed by atoms with E-state index in [9.17, 15) is 5.11 Å². The van der Waals surface area contributed by atoms with Crippen molar-refractivity contribution >= 4 is 5.69 Å². The fraction of sp³-hybridized carbons (Fsp3) is 0.667. The van der Waals surface area contributed by atoms with Gasteiger partial charge in [0.15, 0.2) is 0 Å². The molecule has 4 nitrogen and oxygen atoms in total. The molecule has 1 aromatic rings. The van der Waals surface area contributed by atoms with Crippen LogP contribution in [0.1, 0.15) is 44.1 Å². The van der Waals surface area contributed by atoms with Crippen LogP contribution in [0.2, 0.25) is 0 Å². The standard InChI is InChI=1S/C18H29N3O/c19-16-5-3-4-15(14-16)18(22)8-6-17(7-9-18)20-10-13-21-11-1-2-12-21/h3-5,14,17,20,22H,1-2,6-13,19H2. The second-order valence-corrected chi connectivity index (χ2v) is 6.93. The molecule has 0 radical (unpaired) electrons. The topological polar surface area (TPSA) is 61.5 Å². The Morgan fingerprint density at radius 2 is 1.95 bits per heavy atom. The number of nitrogen functional groups attached to an aromatic ring is 1. The molecule has 122 valence electrons. The van der Waals surface area contributed by atoms with Gasteiger partial charge in [-0.25, -0.2) is 0 Å². The van der Waals surface area contributed by atoms with Gasteiger partial charge < -0.3 is 21.1 Å². The molecule has 4 heteroatoms. The van der Waals surface area contributed by atoms with E-state index >= 15 is 0 Å². The van der Waals surface area contributed by atoms with Gasteiger partial charge in [0.25, 0.3) is 0 Å². The van der Waals surface area contributed by atoms with Crippen molar-refractivity contribution in [2.75, 3.05) is 31.9 Å². The number of rotatable bonds is 5. The van der Waals surface area contributed by atoms with Crippen molar-refractivity contribution in [3.05, 3.63) is 29.8 Å². The third-order valence-corrected chi connectivity index (χ3v) is 5.30. The molecule has 0 bridgehead atoms. The van der Waals surface area contributed by atoms with Crippen molar-refractivity contribution in [2.45, 2.75) is 50.2 Å². The van der Waals surface area contributed by atoms with Crippen molar-refractivity contribution in [2.24, 2.45) is 0 Å². The maximum absolute atomic E-state index is 10.9. The molecule has 1 aliphatic carbocycles. The SMILES string of the molecule is Nc1cccc(C2(O)CCC(NCCN3CCCC3)CC2)c1. The van der Waals surface area contributed by atoms with Gasteiger partial charge in [0, 0.05) is 24.8 Å². The summed E-state index contributed by atoms with van der Waals surface area (Å²) in [5.41, 5.74) is 6.87. The summed E-state index contributed by atoms with van der Waals surface area (Å²) in [4.78, 5) is 2.54.